The molecule has 2 saturated heterocycles. The predicted molar refractivity (Wildman–Crippen MR) is 129 cm³/mol. The summed E-state index contributed by atoms with van der Waals surface area (Å²) in [6.45, 7) is 11.3. The molecule has 0 aliphatic carbocycles. The molecule has 184 valence electrons. The normalized spacial score (nSPS) is 25.2. The van der Waals surface area contributed by atoms with E-state index < -0.39 is 0 Å². The van der Waals surface area contributed by atoms with E-state index in [0.29, 0.717) is 11.8 Å². The van der Waals surface area contributed by atoms with Crippen LogP contribution < -0.4 is 0 Å². The van der Waals surface area contributed by atoms with E-state index in [2.05, 4.69) is 71.7 Å². The average Bonchev–Trinajstić information content (AvgIpc) is 2.63. The summed E-state index contributed by atoms with van der Waals surface area (Å²) in [6.07, 6.45) is 0.716. The number of aliphatic hydroxyl groups is 2. The molecule has 2 N–H and O–H groups in total. The lowest BCUT2D eigenvalue weighted by Crippen LogP contribution is -2.56. The first-order chi connectivity index (χ1) is 14.6. The van der Waals surface area contributed by atoms with Crippen molar-refractivity contribution >= 4 is 0 Å². The van der Waals surface area contributed by atoms with E-state index in [9.17, 15) is 10.2 Å². The molecule has 2 fully saturated rings. The third-order valence-corrected chi connectivity index (χ3v) is 6.57. The molecular formula is C23H50N6O2. The lowest BCUT2D eigenvalue weighted by Gasteiger charge is -2.47. The molecule has 0 radical (unpaired) electrons. The Morgan fingerprint density at radius 3 is 1.32 bits per heavy atom. The van der Waals surface area contributed by atoms with Crippen LogP contribution in [-0.4, -0.2) is 173 Å². The van der Waals surface area contributed by atoms with Gasteiger partial charge < -0.3 is 39.6 Å². The largest absolute Gasteiger partial charge is 0.390 e. The maximum atomic E-state index is 10.6. The van der Waals surface area contributed by atoms with Gasteiger partial charge in [0.2, 0.25) is 0 Å². The van der Waals surface area contributed by atoms with Crippen LogP contribution in [-0.2, 0) is 0 Å². The Balaban J connectivity index is 1.69. The Morgan fingerprint density at radius 2 is 1.00 bits per heavy atom. The van der Waals surface area contributed by atoms with Gasteiger partial charge in [0.15, 0.2) is 0 Å². The molecule has 2 aliphatic heterocycles. The van der Waals surface area contributed by atoms with Gasteiger partial charge in [-0.1, -0.05) is 0 Å². The fourth-order valence-corrected chi connectivity index (χ4v) is 5.15. The van der Waals surface area contributed by atoms with Gasteiger partial charge in [-0.05, 0) is 60.5 Å². The quantitative estimate of drug-likeness (QED) is 0.353. The van der Waals surface area contributed by atoms with Crippen LogP contribution in [0.5, 0.6) is 0 Å². The number of nitrogens with zero attached hydrogens (tertiary/aromatic N) is 6. The van der Waals surface area contributed by atoms with E-state index in [1.807, 2.05) is 0 Å². The molecule has 8 nitrogen and oxygen atoms in total. The Kier molecular flexibility index (Phi) is 11.6. The number of rotatable bonds is 14. The van der Waals surface area contributed by atoms with E-state index >= 15 is 0 Å². The number of β-amino-alcohol motifs (C(OH)–C–C–N with tert-alkyl or cyclic N) is 2. The number of fused-ring (bicyclic) bond motifs is 2. The number of hydrogen-bond donors (Lipinski definition) is 2. The molecule has 0 amide bonds. The summed E-state index contributed by atoms with van der Waals surface area (Å²) in [7, 11) is 12.5. The molecule has 0 aromatic rings. The Hall–Kier alpha value is -0.320. The summed E-state index contributed by atoms with van der Waals surface area (Å²) in [5.41, 5.74) is 0. The molecule has 2 rings (SSSR count). The van der Waals surface area contributed by atoms with Crippen molar-refractivity contribution in [2.75, 3.05) is 121 Å². The van der Waals surface area contributed by atoms with Gasteiger partial charge in [-0.15, -0.1) is 0 Å². The van der Waals surface area contributed by atoms with Crippen LogP contribution in [0.1, 0.15) is 6.42 Å². The molecule has 2 bridgehead atoms. The van der Waals surface area contributed by atoms with Crippen LogP contribution in [0.3, 0.4) is 0 Å². The van der Waals surface area contributed by atoms with Gasteiger partial charge in [-0.25, -0.2) is 0 Å². The Bertz CT molecular complexity index is 441. The SMILES string of the molecule is CN(C)CCN(C)CC(O)CN1CC2CC(C1)CN(CC(O)CN(C)CCN(C)C)C2. The summed E-state index contributed by atoms with van der Waals surface area (Å²) < 4.78 is 0. The van der Waals surface area contributed by atoms with E-state index in [1.54, 1.807) is 0 Å². The fraction of sp³-hybridized carbons (Fsp3) is 1.00. The van der Waals surface area contributed by atoms with Crippen molar-refractivity contribution in [3.63, 3.8) is 0 Å². The Morgan fingerprint density at radius 1 is 0.645 bits per heavy atom. The van der Waals surface area contributed by atoms with Gasteiger partial charge in [0.1, 0.15) is 0 Å². The zero-order valence-corrected chi connectivity index (χ0v) is 21.1. The fourth-order valence-electron chi connectivity index (χ4n) is 5.15. The second-order valence-corrected chi connectivity index (χ2v) is 10.8. The molecule has 2 unspecified atom stereocenters. The van der Waals surface area contributed by atoms with Crippen LogP contribution in [0.25, 0.3) is 0 Å². The third kappa shape index (κ3) is 10.9. The average molecular weight is 443 g/mol. The summed E-state index contributed by atoms with van der Waals surface area (Å²) in [6, 6.07) is 0. The van der Waals surface area contributed by atoms with Crippen LogP contribution in [0.15, 0.2) is 0 Å². The highest BCUT2D eigenvalue weighted by Gasteiger charge is 2.35. The van der Waals surface area contributed by atoms with Gasteiger partial charge in [-0.3, -0.25) is 0 Å². The number of likely N-dealkylation sites (tertiary alicyclic amines) is 2. The van der Waals surface area contributed by atoms with Crippen molar-refractivity contribution in [3.8, 4) is 0 Å². The molecule has 31 heavy (non-hydrogen) atoms. The molecular weight excluding hydrogens is 392 g/mol. The van der Waals surface area contributed by atoms with E-state index in [4.69, 9.17) is 0 Å². The van der Waals surface area contributed by atoms with Gasteiger partial charge >= 0.3 is 0 Å². The molecule has 2 heterocycles. The lowest BCUT2D eigenvalue weighted by atomic mass is 9.84. The van der Waals surface area contributed by atoms with Crippen LogP contribution in [0, 0.1) is 11.8 Å². The minimum Gasteiger partial charge on any atom is -0.390 e. The maximum absolute atomic E-state index is 10.6. The Labute approximate surface area is 191 Å². The van der Waals surface area contributed by atoms with Crippen LogP contribution in [0.4, 0.5) is 0 Å². The highest BCUT2D eigenvalue weighted by molar-refractivity contribution is 4.89. The number of hydrogen-bond acceptors (Lipinski definition) is 8. The first-order valence-electron chi connectivity index (χ1n) is 12.1. The van der Waals surface area contributed by atoms with Gasteiger partial charge in [0.05, 0.1) is 12.2 Å². The van der Waals surface area contributed by atoms with Crippen molar-refractivity contribution in [2.45, 2.75) is 18.6 Å². The van der Waals surface area contributed by atoms with Crippen LogP contribution in [0.2, 0.25) is 0 Å². The number of aliphatic hydroxyl groups excluding tert-OH is 2. The van der Waals surface area contributed by atoms with Crippen molar-refractivity contribution in [2.24, 2.45) is 11.8 Å². The third-order valence-electron chi connectivity index (χ3n) is 6.57. The van der Waals surface area contributed by atoms with Crippen molar-refractivity contribution in [1.82, 2.24) is 29.4 Å². The smallest absolute Gasteiger partial charge is 0.0793 e. The first kappa shape index (κ1) is 26.9. The molecule has 0 saturated carbocycles. The van der Waals surface area contributed by atoms with Gasteiger partial charge in [0.25, 0.3) is 0 Å². The summed E-state index contributed by atoms with van der Waals surface area (Å²) in [5.74, 6) is 1.31. The molecule has 0 spiro atoms. The van der Waals surface area contributed by atoms with Gasteiger partial charge in [0, 0.05) is 78.5 Å². The van der Waals surface area contributed by atoms with E-state index in [-0.39, 0.29) is 12.2 Å². The lowest BCUT2D eigenvalue weighted by molar-refractivity contribution is -0.0121. The zero-order valence-electron chi connectivity index (χ0n) is 21.1. The summed E-state index contributed by atoms with van der Waals surface area (Å²) in [5, 5.41) is 21.2. The predicted octanol–water partition coefficient (Wildman–Crippen LogP) is -1.05. The second-order valence-electron chi connectivity index (χ2n) is 10.8. The van der Waals surface area contributed by atoms with Gasteiger partial charge in [-0.2, -0.15) is 0 Å². The van der Waals surface area contributed by atoms with E-state index in [0.717, 1.165) is 78.5 Å². The van der Waals surface area contributed by atoms with Crippen LogP contribution >= 0.6 is 0 Å². The minimum absolute atomic E-state index is 0.290. The van der Waals surface area contributed by atoms with E-state index in [1.165, 1.54) is 6.42 Å². The van der Waals surface area contributed by atoms with Crippen molar-refractivity contribution in [1.29, 1.82) is 0 Å². The maximum Gasteiger partial charge on any atom is 0.0793 e. The standard InChI is InChI=1S/C23H50N6O2/c1-24(2)7-9-26(5)16-22(30)18-28-12-20-11-21(13-28)15-29(14-20)19-23(31)17-27(6)10-8-25(3)4/h20-23,30-31H,7-19H2,1-6H3. The number of piperidine rings is 2. The molecule has 2 atom stereocenters. The minimum atomic E-state index is -0.290. The molecule has 8 heteroatoms. The zero-order chi connectivity index (χ0) is 23.0. The second kappa shape index (κ2) is 13.4. The van der Waals surface area contributed by atoms with Crippen molar-refractivity contribution < 1.29 is 10.2 Å². The summed E-state index contributed by atoms with van der Waals surface area (Å²) in [4.78, 5) is 13.8. The first-order valence-corrected chi connectivity index (χ1v) is 12.1. The number of likely N-dealkylation sites (N-methyl/N-ethyl adjacent to an activating group) is 4. The topological polar surface area (TPSA) is 59.9 Å². The molecule has 0 aromatic heterocycles. The summed E-state index contributed by atoms with van der Waals surface area (Å²) >= 11 is 0. The highest BCUT2D eigenvalue weighted by Crippen LogP contribution is 2.28. The monoisotopic (exact) mass is 442 g/mol. The molecule has 0 aromatic carbocycles. The van der Waals surface area contributed by atoms with Crippen molar-refractivity contribution in [3.05, 3.63) is 0 Å². The highest BCUT2D eigenvalue weighted by atomic mass is 16.3. The molecule has 2 aliphatic rings.